The summed E-state index contributed by atoms with van der Waals surface area (Å²) in [4.78, 5) is 14.5. The second kappa shape index (κ2) is 4.37. The number of carbonyl (C=O) groups is 1. The molecule has 0 aromatic carbocycles. The van der Waals surface area contributed by atoms with E-state index in [2.05, 4.69) is 26.1 Å². The molecule has 2 aliphatic rings. The predicted molar refractivity (Wildman–Crippen MR) is 76.2 cm³/mol. The normalized spacial score (nSPS) is 31.2. The Morgan fingerprint density at radius 2 is 1.84 bits per heavy atom. The van der Waals surface area contributed by atoms with Gasteiger partial charge in [0.2, 0.25) is 0 Å². The van der Waals surface area contributed by atoms with Crippen LogP contribution in [0, 0.1) is 5.92 Å². The lowest BCUT2D eigenvalue weighted by Gasteiger charge is -2.51. The molecule has 0 aromatic heterocycles. The zero-order chi connectivity index (χ0) is 14.5. The first-order valence-electron chi connectivity index (χ1n) is 7.29. The molecule has 1 amide bonds. The summed E-state index contributed by atoms with van der Waals surface area (Å²) >= 11 is 0. The summed E-state index contributed by atoms with van der Waals surface area (Å²) in [5, 5.41) is 3.57. The second-order valence-electron chi connectivity index (χ2n) is 7.94. The Labute approximate surface area is 116 Å². The van der Waals surface area contributed by atoms with Crippen LogP contribution in [0.15, 0.2) is 0 Å². The average Bonchev–Trinajstić information content (AvgIpc) is 3.03. The predicted octanol–water partition coefficient (Wildman–Crippen LogP) is 2.77. The smallest absolute Gasteiger partial charge is 0.410 e. The zero-order valence-corrected chi connectivity index (χ0v) is 13.2. The van der Waals surface area contributed by atoms with E-state index in [1.54, 1.807) is 0 Å². The van der Waals surface area contributed by atoms with E-state index in [0.29, 0.717) is 12.5 Å². The van der Waals surface area contributed by atoms with Crippen LogP contribution in [0.4, 0.5) is 4.79 Å². The molecule has 0 bridgehead atoms. The number of hydrogen-bond donors (Lipinski definition) is 1. The van der Waals surface area contributed by atoms with Crippen LogP contribution in [-0.4, -0.2) is 40.8 Å². The first-order valence-corrected chi connectivity index (χ1v) is 7.29. The van der Waals surface area contributed by atoms with Crippen molar-refractivity contribution in [1.29, 1.82) is 0 Å². The minimum atomic E-state index is -0.434. The van der Waals surface area contributed by atoms with Crippen molar-refractivity contribution in [3.8, 4) is 0 Å². The van der Waals surface area contributed by atoms with Crippen molar-refractivity contribution in [2.45, 2.75) is 71.1 Å². The lowest BCUT2D eigenvalue weighted by atomic mass is 9.86. The summed E-state index contributed by atoms with van der Waals surface area (Å²) in [5.74, 6) is 0.614. The summed E-state index contributed by atoms with van der Waals surface area (Å²) in [5.41, 5.74) is -0.584. The molecule has 110 valence electrons. The van der Waals surface area contributed by atoms with Crippen molar-refractivity contribution in [3.05, 3.63) is 0 Å². The molecule has 2 rings (SSSR count). The maximum atomic E-state index is 12.5. The number of hydrogen-bond acceptors (Lipinski definition) is 3. The summed E-state index contributed by atoms with van der Waals surface area (Å²) in [6, 6.07) is 0. The Kier molecular flexibility index (Phi) is 3.37. The third-order valence-corrected chi connectivity index (χ3v) is 4.17. The van der Waals surface area contributed by atoms with Gasteiger partial charge in [0.05, 0.1) is 5.54 Å². The van der Waals surface area contributed by atoms with Crippen LogP contribution in [0.3, 0.4) is 0 Å². The average molecular weight is 268 g/mol. The largest absolute Gasteiger partial charge is 0.444 e. The van der Waals surface area contributed by atoms with E-state index in [1.165, 1.54) is 12.8 Å². The zero-order valence-electron chi connectivity index (χ0n) is 13.2. The molecule has 0 aromatic rings. The summed E-state index contributed by atoms with van der Waals surface area (Å²) in [6.07, 6.45) is 2.27. The van der Waals surface area contributed by atoms with E-state index in [4.69, 9.17) is 4.74 Å². The van der Waals surface area contributed by atoms with E-state index in [1.807, 2.05) is 25.7 Å². The molecule has 1 N–H and O–H groups in total. The van der Waals surface area contributed by atoms with Crippen LogP contribution in [0.2, 0.25) is 0 Å². The highest BCUT2D eigenvalue weighted by atomic mass is 16.6. The number of nitrogens with one attached hydrogen (secondary N) is 1. The van der Waals surface area contributed by atoms with Gasteiger partial charge in [-0.3, -0.25) is 4.90 Å². The molecule has 0 radical (unpaired) electrons. The standard InChI is InChI=1S/C15H28N2O2/c1-13(2,3)19-12(18)17-10-14(4,5)16-9-15(17,6)11-7-8-11/h11,16H,7-10H2,1-6H3. The first-order chi connectivity index (χ1) is 8.54. The number of ether oxygens (including phenoxy) is 1. The summed E-state index contributed by atoms with van der Waals surface area (Å²) in [6.45, 7) is 13.8. The molecular formula is C15H28N2O2. The molecule has 4 heteroatoms. The minimum Gasteiger partial charge on any atom is -0.444 e. The van der Waals surface area contributed by atoms with Gasteiger partial charge in [0.15, 0.2) is 0 Å². The van der Waals surface area contributed by atoms with Crippen LogP contribution >= 0.6 is 0 Å². The lowest BCUT2D eigenvalue weighted by molar-refractivity contribution is -0.0290. The third kappa shape index (κ3) is 3.22. The number of amides is 1. The molecule has 1 heterocycles. The minimum absolute atomic E-state index is 0.0503. The fourth-order valence-electron chi connectivity index (χ4n) is 2.81. The molecule has 1 saturated heterocycles. The lowest BCUT2D eigenvalue weighted by Crippen LogP contribution is -2.69. The van der Waals surface area contributed by atoms with Crippen LogP contribution in [-0.2, 0) is 4.74 Å². The third-order valence-electron chi connectivity index (χ3n) is 4.17. The molecular weight excluding hydrogens is 240 g/mol. The fourth-order valence-corrected chi connectivity index (χ4v) is 2.81. The molecule has 1 atom stereocenters. The van der Waals surface area contributed by atoms with E-state index in [0.717, 1.165) is 6.54 Å². The van der Waals surface area contributed by atoms with Crippen LogP contribution < -0.4 is 5.32 Å². The summed E-state index contributed by atoms with van der Waals surface area (Å²) < 4.78 is 5.60. The second-order valence-corrected chi connectivity index (χ2v) is 7.94. The number of piperazine rings is 1. The van der Waals surface area contributed by atoms with Crippen molar-refractivity contribution in [2.75, 3.05) is 13.1 Å². The fraction of sp³-hybridized carbons (Fsp3) is 0.933. The van der Waals surface area contributed by atoms with Crippen molar-refractivity contribution in [2.24, 2.45) is 5.92 Å². The SMILES string of the molecule is CC1(C)CN(C(=O)OC(C)(C)C)C(C)(C2CC2)CN1. The number of carbonyl (C=O) groups excluding carboxylic acids is 1. The highest BCUT2D eigenvalue weighted by Crippen LogP contribution is 2.45. The highest BCUT2D eigenvalue weighted by molar-refractivity contribution is 5.70. The van der Waals surface area contributed by atoms with Gasteiger partial charge >= 0.3 is 6.09 Å². The Morgan fingerprint density at radius 3 is 2.32 bits per heavy atom. The van der Waals surface area contributed by atoms with Crippen molar-refractivity contribution >= 4 is 6.09 Å². The first kappa shape index (κ1) is 14.6. The topological polar surface area (TPSA) is 41.6 Å². The van der Waals surface area contributed by atoms with Gasteiger partial charge in [0, 0.05) is 18.6 Å². The van der Waals surface area contributed by atoms with Gasteiger partial charge in [0.25, 0.3) is 0 Å². The Hall–Kier alpha value is -0.770. The van der Waals surface area contributed by atoms with E-state index < -0.39 is 5.60 Å². The Bertz CT molecular complexity index is 369. The maximum absolute atomic E-state index is 12.5. The molecule has 1 aliphatic carbocycles. The molecule has 19 heavy (non-hydrogen) atoms. The molecule has 4 nitrogen and oxygen atoms in total. The van der Waals surface area contributed by atoms with Gasteiger partial charge in [-0.05, 0) is 60.3 Å². The van der Waals surface area contributed by atoms with E-state index >= 15 is 0 Å². The van der Waals surface area contributed by atoms with Crippen LogP contribution in [0.25, 0.3) is 0 Å². The molecule has 1 unspecified atom stereocenters. The van der Waals surface area contributed by atoms with Gasteiger partial charge in [-0.2, -0.15) is 0 Å². The van der Waals surface area contributed by atoms with Crippen LogP contribution in [0.1, 0.15) is 54.4 Å². The van der Waals surface area contributed by atoms with Gasteiger partial charge in [0.1, 0.15) is 5.60 Å². The van der Waals surface area contributed by atoms with Crippen molar-refractivity contribution < 1.29 is 9.53 Å². The maximum Gasteiger partial charge on any atom is 0.410 e. The van der Waals surface area contributed by atoms with Crippen LogP contribution in [0.5, 0.6) is 0 Å². The van der Waals surface area contributed by atoms with Crippen molar-refractivity contribution in [1.82, 2.24) is 10.2 Å². The highest BCUT2D eigenvalue weighted by Gasteiger charge is 2.52. The van der Waals surface area contributed by atoms with Gasteiger partial charge in [-0.1, -0.05) is 0 Å². The molecule has 2 fully saturated rings. The monoisotopic (exact) mass is 268 g/mol. The molecule has 0 spiro atoms. The number of rotatable bonds is 1. The summed E-state index contributed by atoms with van der Waals surface area (Å²) in [7, 11) is 0. The van der Waals surface area contributed by atoms with Gasteiger partial charge in [-0.25, -0.2) is 4.79 Å². The van der Waals surface area contributed by atoms with E-state index in [-0.39, 0.29) is 17.2 Å². The number of nitrogens with zero attached hydrogens (tertiary/aromatic N) is 1. The molecule has 1 saturated carbocycles. The van der Waals surface area contributed by atoms with Gasteiger partial charge in [-0.15, -0.1) is 0 Å². The Balaban J connectivity index is 2.18. The van der Waals surface area contributed by atoms with Gasteiger partial charge < -0.3 is 10.1 Å². The van der Waals surface area contributed by atoms with E-state index in [9.17, 15) is 4.79 Å². The van der Waals surface area contributed by atoms with Crippen molar-refractivity contribution in [3.63, 3.8) is 0 Å². The molecule has 1 aliphatic heterocycles. The quantitative estimate of drug-likeness (QED) is 0.795. The Morgan fingerprint density at radius 1 is 1.26 bits per heavy atom.